The molecule has 2 aromatic carbocycles. The summed E-state index contributed by atoms with van der Waals surface area (Å²) in [7, 11) is 0. The molecule has 43 heavy (non-hydrogen) atoms. The van der Waals surface area contributed by atoms with Gasteiger partial charge in [0.05, 0.1) is 17.0 Å². The second-order valence-electron chi connectivity index (χ2n) is 12.0. The second-order valence-corrected chi connectivity index (χ2v) is 12.0. The predicted molar refractivity (Wildman–Crippen MR) is 160 cm³/mol. The summed E-state index contributed by atoms with van der Waals surface area (Å²) >= 11 is 0. The van der Waals surface area contributed by atoms with Crippen molar-refractivity contribution in [1.29, 1.82) is 0 Å². The number of fused-ring (bicyclic) bond motifs is 3. The van der Waals surface area contributed by atoms with Crippen LogP contribution in [0.2, 0.25) is 0 Å². The number of aromatic nitrogens is 3. The molecular weight excluding hydrogens is 552 g/mol. The number of pyridine rings is 1. The van der Waals surface area contributed by atoms with Crippen molar-refractivity contribution in [2.24, 2.45) is 0 Å². The minimum Gasteiger partial charge on any atom is -0.508 e. The van der Waals surface area contributed by atoms with E-state index >= 15 is 4.39 Å². The lowest BCUT2D eigenvalue weighted by Crippen LogP contribution is -2.43. The average molecular weight is 586 g/mol. The number of aromatic hydroxyl groups is 1. The predicted octanol–water partition coefficient (Wildman–Crippen LogP) is 4.98. The highest BCUT2D eigenvalue weighted by Gasteiger charge is 2.49. The molecule has 0 amide bonds. The number of terminal acetylenes is 1. The fraction of sp³-hybridized carbons (Fsp3) is 0.424. The molecule has 3 fully saturated rings. The fourth-order valence-electron chi connectivity index (χ4n) is 7.17. The van der Waals surface area contributed by atoms with Crippen molar-refractivity contribution >= 4 is 27.5 Å². The number of hydrogen-bond donors (Lipinski definition) is 2. The van der Waals surface area contributed by atoms with E-state index in [1.807, 2.05) is 4.90 Å². The van der Waals surface area contributed by atoms with Gasteiger partial charge in [0, 0.05) is 48.8 Å². The van der Waals surface area contributed by atoms with Crippen LogP contribution < -0.4 is 9.64 Å². The third-order valence-corrected chi connectivity index (χ3v) is 9.24. The van der Waals surface area contributed by atoms with E-state index in [4.69, 9.17) is 16.1 Å². The van der Waals surface area contributed by atoms with Gasteiger partial charge < -0.3 is 19.8 Å². The third kappa shape index (κ3) is 4.90. The van der Waals surface area contributed by atoms with Gasteiger partial charge in [-0.3, -0.25) is 9.88 Å². The van der Waals surface area contributed by atoms with E-state index in [9.17, 15) is 14.6 Å². The number of phenolic OH excluding ortho intramolecular Hbond substituents is 1. The highest BCUT2D eigenvalue weighted by Crippen LogP contribution is 2.41. The molecule has 5 heterocycles. The summed E-state index contributed by atoms with van der Waals surface area (Å²) in [5, 5.41) is 22.4. The minimum atomic E-state index is -0.906. The van der Waals surface area contributed by atoms with Crippen molar-refractivity contribution in [2.45, 2.75) is 56.3 Å². The van der Waals surface area contributed by atoms with Crippen molar-refractivity contribution in [3.63, 3.8) is 0 Å². The van der Waals surface area contributed by atoms with Crippen LogP contribution >= 0.6 is 0 Å². The third-order valence-electron chi connectivity index (χ3n) is 9.24. The Balaban J connectivity index is 1.37. The van der Waals surface area contributed by atoms with Gasteiger partial charge in [0.1, 0.15) is 35.6 Å². The van der Waals surface area contributed by atoms with E-state index in [2.05, 4.69) is 20.8 Å². The van der Waals surface area contributed by atoms with E-state index in [1.54, 1.807) is 30.5 Å². The van der Waals surface area contributed by atoms with Crippen LogP contribution in [-0.4, -0.2) is 80.7 Å². The number of rotatable bonds is 5. The molecule has 0 radical (unpaired) electrons. The smallest absolute Gasteiger partial charge is 0.319 e. The highest BCUT2D eigenvalue weighted by atomic mass is 19.1. The molecule has 0 spiro atoms. The molecule has 1 unspecified atom stereocenters. The largest absolute Gasteiger partial charge is 0.508 e. The number of ether oxygens (including phenoxy) is 1. The molecule has 8 nitrogen and oxygen atoms in total. The molecule has 222 valence electrons. The summed E-state index contributed by atoms with van der Waals surface area (Å²) < 4.78 is 37.3. The van der Waals surface area contributed by atoms with Gasteiger partial charge in [0.15, 0.2) is 5.82 Å². The number of phenols is 1. The zero-order valence-corrected chi connectivity index (χ0v) is 23.8. The summed E-state index contributed by atoms with van der Waals surface area (Å²) in [5.74, 6) is 2.40. The molecule has 3 saturated heterocycles. The summed E-state index contributed by atoms with van der Waals surface area (Å²) in [4.78, 5) is 18.0. The Hall–Kier alpha value is -4.07. The first-order chi connectivity index (χ1) is 20.8. The zero-order chi connectivity index (χ0) is 29.7. The number of anilines is 1. The first-order valence-corrected chi connectivity index (χ1v) is 14.9. The van der Waals surface area contributed by atoms with Gasteiger partial charge >= 0.3 is 6.01 Å². The van der Waals surface area contributed by atoms with Crippen molar-refractivity contribution in [3.8, 4) is 35.4 Å². The van der Waals surface area contributed by atoms with E-state index in [1.165, 1.54) is 6.07 Å². The molecule has 2 N–H and O–H groups in total. The first kappa shape index (κ1) is 27.7. The van der Waals surface area contributed by atoms with Crippen LogP contribution in [0.15, 0.2) is 36.5 Å². The van der Waals surface area contributed by atoms with Crippen molar-refractivity contribution in [3.05, 3.63) is 47.9 Å². The molecule has 2 aromatic heterocycles. The normalized spacial score (nSPS) is 24.3. The SMILES string of the molecule is C#Cc1cccc2cc(O)cc(-c3ncc4c(N5CCCC(O)CC5)nc(OC[C@@]56CCCN5C[C@H](F)C6)nc4c3F)c12. The highest BCUT2D eigenvalue weighted by molar-refractivity contribution is 6.02. The molecule has 3 aliphatic heterocycles. The Bertz CT molecular complexity index is 1760. The van der Waals surface area contributed by atoms with Crippen molar-refractivity contribution in [1.82, 2.24) is 19.9 Å². The second kappa shape index (κ2) is 10.9. The molecule has 0 aliphatic carbocycles. The molecule has 3 atom stereocenters. The van der Waals surface area contributed by atoms with E-state index < -0.39 is 23.6 Å². The van der Waals surface area contributed by atoms with Crippen LogP contribution in [-0.2, 0) is 0 Å². The van der Waals surface area contributed by atoms with Crippen LogP contribution in [0.4, 0.5) is 14.6 Å². The Morgan fingerprint density at radius 1 is 1.14 bits per heavy atom. The first-order valence-electron chi connectivity index (χ1n) is 14.9. The maximum absolute atomic E-state index is 16.7. The summed E-state index contributed by atoms with van der Waals surface area (Å²) in [6.07, 6.45) is 10.2. The van der Waals surface area contributed by atoms with Gasteiger partial charge in [-0.15, -0.1) is 6.42 Å². The molecule has 7 rings (SSSR count). The number of nitrogens with zero attached hydrogens (tertiary/aromatic N) is 5. The topological polar surface area (TPSA) is 94.8 Å². The molecule has 3 aliphatic rings. The van der Waals surface area contributed by atoms with Gasteiger partial charge in [-0.1, -0.05) is 18.1 Å². The van der Waals surface area contributed by atoms with Crippen LogP contribution in [0.5, 0.6) is 11.8 Å². The van der Waals surface area contributed by atoms with Crippen LogP contribution in [0, 0.1) is 18.2 Å². The van der Waals surface area contributed by atoms with E-state index in [-0.39, 0.29) is 29.6 Å². The summed E-state index contributed by atoms with van der Waals surface area (Å²) in [6, 6.07) is 8.39. The zero-order valence-electron chi connectivity index (χ0n) is 23.8. The molecule has 4 aromatic rings. The van der Waals surface area contributed by atoms with Gasteiger partial charge in [0.25, 0.3) is 0 Å². The number of aliphatic hydroxyl groups excluding tert-OH is 1. The minimum absolute atomic E-state index is 0.00499. The van der Waals surface area contributed by atoms with Crippen LogP contribution in [0.25, 0.3) is 32.9 Å². The number of alkyl halides is 1. The van der Waals surface area contributed by atoms with Crippen LogP contribution in [0.3, 0.4) is 0 Å². The molecule has 0 saturated carbocycles. The Kier molecular flexibility index (Phi) is 7.02. The van der Waals surface area contributed by atoms with Crippen LogP contribution in [0.1, 0.15) is 44.1 Å². The Labute approximate surface area is 248 Å². The van der Waals surface area contributed by atoms with Gasteiger partial charge in [-0.05, 0) is 62.2 Å². The number of aliphatic hydroxyl groups is 1. The number of benzene rings is 2. The van der Waals surface area contributed by atoms with Gasteiger partial charge in [-0.25, -0.2) is 8.78 Å². The quantitative estimate of drug-likeness (QED) is 0.317. The van der Waals surface area contributed by atoms with E-state index in [0.717, 1.165) is 25.8 Å². The maximum Gasteiger partial charge on any atom is 0.319 e. The number of halogens is 2. The van der Waals surface area contributed by atoms with Gasteiger partial charge in [-0.2, -0.15) is 9.97 Å². The van der Waals surface area contributed by atoms with Crippen molar-refractivity contribution < 1.29 is 23.7 Å². The Morgan fingerprint density at radius 3 is 2.88 bits per heavy atom. The summed E-state index contributed by atoms with van der Waals surface area (Å²) in [6.45, 7) is 2.57. The Morgan fingerprint density at radius 2 is 2.02 bits per heavy atom. The number of hydrogen-bond acceptors (Lipinski definition) is 8. The monoisotopic (exact) mass is 585 g/mol. The maximum atomic E-state index is 16.7. The lowest BCUT2D eigenvalue weighted by Gasteiger charge is -2.31. The molecule has 0 bridgehead atoms. The van der Waals surface area contributed by atoms with Gasteiger partial charge in [0.2, 0.25) is 0 Å². The lowest BCUT2D eigenvalue weighted by atomic mass is 9.95. The summed E-state index contributed by atoms with van der Waals surface area (Å²) in [5.41, 5.74) is 0.504. The standard InChI is InChI=1S/C33H33F2N5O3/c1-2-20-6-3-7-21-14-24(42)15-25(27(20)21)29-28(35)30-26(17-36-29)31(39-11-4-8-23(41)9-13-39)38-32(37-30)43-19-33-10-5-12-40(33)18-22(34)16-33/h1,3,6-7,14-15,17,22-23,41-42H,4-5,8-13,16,18-19H2/t22-,23?,33+/m1/s1. The molecule has 10 heteroatoms. The van der Waals surface area contributed by atoms with E-state index in [0.29, 0.717) is 72.0 Å². The average Bonchev–Trinajstić information content (AvgIpc) is 3.43. The van der Waals surface area contributed by atoms with Crippen molar-refractivity contribution in [2.75, 3.05) is 37.7 Å². The molecular formula is C33H33F2N5O3. The fourth-order valence-corrected chi connectivity index (χ4v) is 7.17. The lowest BCUT2D eigenvalue weighted by molar-refractivity contribution is 0.107.